The molecule has 0 aliphatic heterocycles. The molecule has 1 aromatic heterocycles. The summed E-state index contributed by atoms with van der Waals surface area (Å²) >= 11 is 5.36. The number of rotatable bonds is 3. The van der Waals surface area contributed by atoms with Crippen LogP contribution in [0.2, 0.25) is 0 Å². The van der Waals surface area contributed by atoms with Crippen LogP contribution in [0.5, 0.6) is 0 Å². The van der Waals surface area contributed by atoms with E-state index in [1.165, 1.54) is 0 Å². The summed E-state index contributed by atoms with van der Waals surface area (Å²) in [5.41, 5.74) is 6.93. The van der Waals surface area contributed by atoms with Gasteiger partial charge in [0.05, 0.1) is 0 Å². The first kappa shape index (κ1) is 16.1. The number of halogens is 1. The number of carbonyl (C=O) groups is 1. The van der Waals surface area contributed by atoms with Crippen LogP contribution in [0, 0.1) is 0 Å². The molecule has 0 spiro atoms. The van der Waals surface area contributed by atoms with E-state index in [0.29, 0.717) is 12.1 Å². The summed E-state index contributed by atoms with van der Waals surface area (Å²) in [7, 11) is 0. The Morgan fingerprint density at radius 3 is 2.36 bits per heavy atom. The standard InChI is InChI=1S/C11H7ClO.C7H10N2/c12-11(13)10-6-5-8-3-1-2-4-9(8)7-10;8-5-4-7-3-1-2-6-9-7/h1-7H;1-3,6H,4-5,8H2. The van der Waals surface area contributed by atoms with Gasteiger partial charge in [-0.3, -0.25) is 9.78 Å². The van der Waals surface area contributed by atoms with Crippen LogP contribution in [0.4, 0.5) is 0 Å². The lowest BCUT2D eigenvalue weighted by Crippen LogP contribution is -2.03. The SMILES string of the molecule is NCCc1ccccn1.O=C(Cl)c1ccc2ccccc2c1. The van der Waals surface area contributed by atoms with Gasteiger partial charge in [-0.2, -0.15) is 0 Å². The lowest BCUT2D eigenvalue weighted by molar-refractivity contribution is 0.108. The summed E-state index contributed by atoms with van der Waals surface area (Å²) in [5.74, 6) is 0. The minimum atomic E-state index is -0.411. The normalized spacial score (nSPS) is 9.91. The lowest BCUT2D eigenvalue weighted by Gasteiger charge is -1.98. The molecule has 0 fully saturated rings. The average Bonchev–Trinajstić information content (AvgIpc) is 2.56. The van der Waals surface area contributed by atoms with Crippen LogP contribution in [0.1, 0.15) is 16.1 Å². The van der Waals surface area contributed by atoms with Crippen LogP contribution in [-0.2, 0) is 6.42 Å². The van der Waals surface area contributed by atoms with Gasteiger partial charge in [0, 0.05) is 23.9 Å². The summed E-state index contributed by atoms with van der Waals surface area (Å²) < 4.78 is 0. The maximum Gasteiger partial charge on any atom is 0.252 e. The predicted molar refractivity (Wildman–Crippen MR) is 91.1 cm³/mol. The van der Waals surface area contributed by atoms with Gasteiger partial charge in [0.2, 0.25) is 0 Å². The van der Waals surface area contributed by atoms with Crippen molar-refractivity contribution in [2.24, 2.45) is 5.73 Å². The predicted octanol–water partition coefficient (Wildman–Crippen LogP) is 3.80. The van der Waals surface area contributed by atoms with E-state index in [2.05, 4.69) is 4.98 Å². The third kappa shape index (κ3) is 4.65. The van der Waals surface area contributed by atoms with E-state index < -0.39 is 5.24 Å². The maximum atomic E-state index is 10.9. The van der Waals surface area contributed by atoms with Crippen molar-refractivity contribution in [3.63, 3.8) is 0 Å². The summed E-state index contributed by atoms with van der Waals surface area (Å²) in [6, 6.07) is 19.1. The van der Waals surface area contributed by atoms with Crippen LogP contribution >= 0.6 is 11.6 Å². The van der Waals surface area contributed by atoms with Gasteiger partial charge < -0.3 is 5.73 Å². The third-order valence-corrected chi connectivity index (χ3v) is 3.32. The van der Waals surface area contributed by atoms with E-state index in [0.717, 1.165) is 22.9 Å². The molecule has 0 saturated carbocycles. The Balaban J connectivity index is 0.000000172. The highest BCUT2D eigenvalue weighted by Gasteiger charge is 2.01. The summed E-state index contributed by atoms with van der Waals surface area (Å²) in [4.78, 5) is 14.9. The second kappa shape index (κ2) is 8.27. The highest BCUT2D eigenvalue weighted by molar-refractivity contribution is 6.67. The molecule has 0 saturated heterocycles. The number of benzene rings is 2. The van der Waals surface area contributed by atoms with Gasteiger partial charge in [-0.25, -0.2) is 0 Å². The molecule has 0 radical (unpaired) electrons. The molecule has 0 bridgehead atoms. The highest BCUT2D eigenvalue weighted by Crippen LogP contribution is 2.16. The first-order chi connectivity index (χ1) is 10.7. The monoisotopic (exact) mass is 312 g/mol. The molecule has 0 aliphatic rings. The number of nitrogens with two attached hydrogens (primary N) is 1. The Hall–Kier alpha value is -2.23. The van der Waals surface area contributed by atoms with Crippen LogP contribution in [0.15, 0.2) is 66.9 Å². The van der Waals surface area contributed by atoms with Crippen LogP contribution in [0.3, 0.4) is 0 Å². The van der Waals surface area contributed by atoms with Crippen LogP contribution < -0.4 is 5.73 Å². The zero-order valence-electron chi connectivity index (χ0n) is 12.1. The second-order valence-electron chi connectivity index (χ2n) is 4.70. The maximum absolute atomic E-state index is 10.9. The molecule has 3 rings (SSSR count). The zero-order valence-corrected chi connectivity index (χ0v) is 12.8. The van der Waals surface area contributed by atoms with Crippen molar-refractivity contribution in [2.45, 2.75) is 6.42 Å². The molecular weight excluding hydrogens is 296 g/mol. The second-order valence-corrected chi connectivity index (χ2v) is 5.04. The lowest BCUT2D eigenvalue weighted by atomic mass is 10.1. The smallest absolute Gasteiger partial charge is 0.252 e. The van der Waals surface area contributed by atoms with Gasteiger partial charge in [-0.15, -0.1) is 0 Å². The van der Waals surface area contributed by atoms with Crippen molar-refractivity contribution in [2.75, 3.05) is 6.54 Å². The Morgan fingerprint density at radius 2 is 1.73 bits per heavy atom. The largest absolute Gasteiger partial charge is 0.330 e. The minimum absolute atomic E-state index is 0.411. The molecule has 0 unspecified atom stereocenters. The van der Waals surface area contributed by atoms with E-state index in [-0.39, 0.29) is 0 Å². The van der Waals surface area contributed by atoms with Crippen LogP contribution in [0.25, 0.3) is 10.8 Å². The Kier molecular flexibility index (Phi) is 6.07. The molecule has 22 heavy (non-hydrogen) atoms. The Labute approximate surface area is 134 Å². The van der Waals surface area contributed by atoms with E-state index >= 15 is 0 Å². The quantitative estimate of drug-likeness (QED) is 0.748. The first-order valence-electron chi connectivity index (χ1n) is 6.99. The summed E-state index contributed by atoms with van der Waals surface area (Å²) in [6.07, 6.45) is 2.66. The van der Waals surface area contributed by atoms with Crippen molar-refractivity contribution in [1.82, 2.24) is 4.98 Å². The number of hydrogen-bond donors (Lipinski definition) is 1. The topological polar surface area (TPSA) is 56.0 Å². The average molecular weight is 313 g/mol. The van der Waals surface area contributed by atoms with E-state index in [1.54, 1.807) is 18.3 Å². The van der Waals surface area contributed by atoms with Gasteiger partial charge in [-0.05, 0) is 53.2 Å². The fourth-order valence-corrected chi connectivity index (χ4v) is 2.12. The molecule has 2 N–H and O–H groups in total. The van der Waals surface area contributed by atoms with Gasteiger partial charge in [-0.1, -0.05) is 36.4 Å². The molecule has 0 aliphatic carbocycles. The molecule has 1 heterocycles. The number of nitrogens with zero attached hydrogens (tertiary/aromatic N) is 1. The first-order valence-corrected chi connectivity index (χ1v) is 7.37. The number of pyridine rings is 1. The fourth-order valence-electron chi connectivity index (χ4n) is 2.01. The van der Waals surface area contributed by atoms with Gasteiger partial charge >= 0.3 is 0 Å². The molecule has 3 nitrogen and oxygen atoms in total. The molecule has 4 heteroatoms. The van der Waals surface area contributed by atoms with Crippen LogP contribution in [-0.4, -0.2) is 16.8 Å². The Morgan fingerprint density at radius 1 is 1.00 bits per heavy atom. The molecule has 112 valence electrons. The van der Waals surface area contributed by atoms with E-state index in [1.807, 2.05) is 48.5 Å². The number of hydrogen-bond acceptors (Lipinski definition) is 3. The molecular formula is C18H17ClN2O. The fraction of sp³-hybridized carbons (Fsp3) is 0.111. The summed E-state index contributed by atoms with van der Waals surface area (Å²) in [6.45, 7) is 0.678. The third-order valence-electron chi connectivity index (χ3n) is 3.10. The summed E-state index contributed by atoms with van der Waals surface area (Å²) in [5, 5.41) is 1.74. The molecule has 3 aromatic rings. The van der Waals surface area contributed by atoms with Crippen molar-refractivity contribution in [3.8, 4) is 0 Å². The van der Waals surface area contributed by atoms with E-state index in [9.17, 15) is 4.79 Å². The zero-order chi connectivity index (χ0) is 15.8. The molecule has 2 aromatic carbocycles. The van der Waals surface area contributed by atoms with Gasteiger partial charge in [0.1, 0.15) is 0 Å². The minimum Gasteiger partial charge on any atom is -0.330 e. The van der Waals surface area contributed by atoms with Crippen molar-refractivity contribution in [3.05, 3.63) is 78.1 Å². The number of fused-ring (bicyclic) bond motifs is 1. The molecule has 0 atom stereocenters. The highest BCUT2D eigenvalue weighted by atomic mass is 35.5. The van der Waals surface area contributed by atoms with Gasteiger partial charge in [0.25, 0.3) is 5.24 Å². The van der Waals surface area contributed by atoms with Crippen molar-refractivity contribution < 1.29 is 4.79 Å². The van der Waals surface area contributed by atoms with Crippen molar-refractivity contribution >= 4 is 27.6 Å². The number of aromatic nitrogens is 1. The number of carbonyl (C=O) groups excluding carboxylic acids is 1. The van der Waals surface area contributed by atoms with Crippen molar-refractivity contribution in [1.29, 1.82) is 0 Å². The molecule has 0 amide bonds. The Bertz CT molecular complexity index is 744. The van der Waals surface area contributed by atoms with Gasteiger partial charge in [0.15, 0.2) is 0 Å². The van der Waals surface area contributed by atoms with E-state index in [4.69, 9.17) is 17.3 Å².